The van der Waals surface area contributed by atoms with Crippen LogP contribution in [0.1, 0.15) is 5.56 Å². The van der Waals surface area contributed by atoms with Gasteiger partial charge in [-0.25, -0.2) is 8.42 Å². The van der Waals surface area contributed by atoms with Crippen molar-refractivity contribution in [2.75, 3.05) is 18.4 Å². The standard InChI is InChI=1S/C21H21N3O5S/c1-28-18-6-4-17(5-7-18)24-30(26,27)20-10-8-19(9-11-20)29-15-21(25)23-14-16-3-2-12-22-13-16/h2-13,24H,14-15H2,1H3,(H,23,25). The van der Waals surface area contributed by atoms with Crippen molar-refractivity contribution in [3.05, 3.63) is 78.6 Å². The van der Waals surface area contributed by atoms with Crippen LogP contribution in [0.15, 0.2) is 78.0 Å². The molecule has 0 unspecified atom stereocenters. The number of methoxy groups -OCH3 is 1. The zero-order valence-electron chi connectivity index (χ0n) is 16.2. The smallest absolute Gasteiger partial charge is 0.261 e. The maximum atomic E-state index is 12.5. The molecule has 3 aromatic rings. The minimum absolute atomic E-state index is 0.0756. The average Bonchev–Trinajstić information content (AvgIpc) is 2.77. The molecule has 0 bridgehead atoms. The molecule has 9 heteroatoms. The van der Waals surface area contributed by atoms with Gasteiger partial charge >= 0.3 is 0 Å². The van der Waals surface area contributed by atoms with Crippen LogP contribution in [0.2, 0.25) is 0 Å². The van der Waals surface area contributed by atoms with E-state index in [1.165, 1.54) is 31.4 Å². The van der Waals surface area contributed by atoms with E-state index in [0.29, 0.717) is 23.7 Å². The fourth-order valence-corrected chi connectivity index (χ4v) is 3.55. The zero-order valence-corrected chi connectivity index (χ0v) is 17.1. The lowest BCUT2D eigenvalue weighted by molar-refractivity contribution is -0.123. The van der Waals surface area contributed by atoms with Crippen molar-refractivity contribution < 1.29 is 22.7 Å². The minimum atomic E-state index is -3.75. The van der Waals surface area contributed by atoms with Gasteiger partial charge in [0.05, 0.1) is 12.0 Å². The highest BCUT2D eigenvalue weighted by Crippen LogP contribution is 2.21. The van der Waals surface area contributed by atoms with E-state index in [-0.39, 0.29) is 17.4 Å². The second-order valence-electron chi connectivity index (χ2n) is 6.23. The Bertz CT molecular complexity index is 1070. The number of amides is 1. The van der Waals surface area contributed by atoms with Crippen molar-refractivity contribution in [3.63, 3.8) is 0 Å². The largest absolute Gasteiger partial charge is 0.497 e. The van der Waals surface area contributed by atoms with Gasteiger partial charge in [-0.1, -0.05) is 6.07 Å². The first-order chi connectivity index (χ1) is 14.5. The number of hydrogen-bond acceptors (Lipinski definition) is 6. The van der Waals surface area contributed by atoms with Crippen LogP contribution in [0.5, 0.6) is 11.5 Å². The van der Waals surface area contributed by atoms with Crippen molar-refractivity contribution in [1.82, 2.24) is 10.3 Å². The molecular weight excluding hydrogens is 406 g/mol. The molecule has 0 atom stereocenters. The fraction of sp³-hybridized carbons (Fsp3) is 0.143. The number of hydrogen-bond donors (Lipinski definition) is 2. The number of carbonyl (C=O) groups is 1. The number of benzene rings is 2. The maximum Gasteiger partial charge on any atom is 0.261 e. The third-order valence-corrected chi connectivity index (χ3v) is 5.46. The molecule has 0 saturated carbocycles. The van der Waals surface area contributed by atoms with Gasteiger partial charge in [-0.2, -0.15) is 0 Å². The van der Waals surface area contributed by atoms with Crippen LogP contribution in [0.3, 0.4) is 0 Å². The molecule has 30 heavy (non-hydrogen) atoms. The van der Waals surface area contributed by atoms with E-state index in [0.717, 1.165) is 5.56 Å². The molecule has 0 aliphatic rings. The molecule has 2 aromatic carbocycles. The third-order valence-electron chi connectivity index (χ3n) is 4.06. The summed E-state index contributed by atoms with van der Waals surface area (Å²) in [6, 6.07) is 16.0. The second-order valence-corrected chi connectivity index (χ2v) is 7.91. The number of nitrogens with zero attached hydrogens (tertiary/aromatic N) is 1. The van der Waals surface area contributed by atoms with Gasteiger partial charge in [-0.05, 0) is 60.2 Å². The van der Waals surface area contributed by atoms with Gasteiger partial charge in [0.15, 0.2) is 6.61 Å². The topological polar surface area (TPSA) is 107 Å². The number of pyridine rings is 1. The van der Waals surface area contributed by atoms with E-state index in [1.54, 1.807) is 42.7 Å². The number of aromatic nitrogens is 1. The number of rotatable bonds is 9. The zero-order chi connectivity index (χ0) is 21.4. The quantitative estimate of drug-likeness (QED) is 0.544. The fourth-order valence-electron chi connectivity index (χ4n) is 2.49. The summed E-state index contributed by atoms with van der Waals surface area (Å²) in [5.74, 6) is 0.718. The van der Waals surface area contributed by atoms with E-state index in [9.17, 15) is 13.2 Å². The van der Waals surface area contributed by atoms with Crippen LogP contribution >= 0.6 is 0 Å². The van der Waals surface area contributed by atoms with Crippen LogP contribution in [-0.2, 0) is 21.4 Å². The third kappa shape index (κ3) is 5.95. The molecule has 0 radical (unpaired) electrons. The lowest BCUT2D eigenvalue weighted by Gasteiger charge is -2.10. The summed E-state index contributed by atoms with van der Waals surface area (Å²) in [5.41, 5.74) is 1.30. The summed E-state index contributed by atoms with van der Waals surface area (Å²) >= 11 is 0. The van der Waals surface area contributed by atoms with Crippen molar-refractivity contribution in [3.8, 4) is 11.5 Å². The van der Waals surface area contributed by atoms with E-state index in [1.807, 2.05) is 6.07 Å². The molecule has 0 fully saturated rings. The van der Waals surface area contributed by atoms with E-state index in [2.05, 4.69) is 15.0 Å². The summed E-state index contributed by atoms with van der Waals surface area (Å²) in [5, 5.41) is 2.72. The Morgan fingerprint density at radius 2 is 1.70 bits per heavy atom. The first-order valence-corrected chi connectivity index (χ1v) is 10.5. The lowest BCUT2D eigenvalue weighted by Crippen LogP contribution is -2.28. The van der Waals surface area contributed by atoms with E-state index < -0.39 is 10.0 Å². The summed E-state index contributed by atoms with van der Waals surface area (Å²) in [6.45, 7) is 0.167. The van der Waals surface area contributed by atoms with Crippen LogP contribution in [-0.4, -0.2) is 33.0 Å². The van der Waals surface area contributed by atoms with Crippen LogP contribution in [0.25, 0.3) is 0 Å². The number of carbonyl (C=O) groups excluding carboxylic acids is 1. The van der Waals surface area contributed by atoms with Crippen LogP contribution in [0.4, 0.5) is 5.69 Å². The van der Waals surface area contributed by atoms with Crippen molar-refractivity contribution >= 4 is 21.6 Å². The molecule has 2 N–H and O–H groups in total. The van der Waals surface area contributed by atoms with Crippen molar-refractivity contribution in [1.29, 1.82) is 0 Å². The Morgan fingerprint density at radius 3 is 2.33 bits per heavy atom. The molecule has 0 spiro atoms. The predicted octanol–water partition coefficient (Wildman–Crippen LogP) is 2.59. The summed E-state index contributed by atoms with van der Waals surface area (Å²) < 4.78 is 38.0. The number of anilines is 1. The number of sulfonamides is 1. The summed E-state index contributed by atoms with van der Waals surface area (Å²) in [6.07, 6.45) is 3.32. The maximum absolute atomic E-state index is 12.5. The molecule has 8 nitrogen and oxygen atoms in total. The summed E-state index contributed by atoms with van der Waals surface area (Å²) in [4.78, 5) is 15.9. The molecule has 0 aliphatic carbocycles. The van der Waals surface area contributed by atoms with Crippen molar-refractivity contribution in [2.24, 2.45) is 0 Å². The van der Waals surface area contributed by atoms with Gasteiger partial charge < -0.3 is 14.8 Å². The van der Waals surface area contributed by atoms with Gasteiger partial charge in [0.1, 0.15) is 11.5 Å². The minimum Gasteiger partial charge on any atom is -0.497 e. The number of nitrogens with one attached hydrogen (secondary N) is 2. The molecule has 1 aromatic heterocycles. The Hall–Kier alpha value is -3.59. The van der Waals surface area contributed by atoms with Gasteiger partial charge in [0.25, 0.3) is 15.9 Å². The second kappa shape index (κ2) is 9.75. The molecular formula is C21H21N3O5S. The Balaban J connectivity index is 1.52. The Kier molecular flexibility index (Phi) is 6.87. The SMILES string of the molecule is COc1ccc(NS(=O)(=O)c2ccc(OCC(=O)NCc3cccnc3)cc2)cc1. The molecule has 0 saturated heterocycles. The van der Waals surface area contributed by atoms with Crippen LogP contribution < -0.4 is 19.5 Å². The van der Waals surface area contributed by atoms with Gasteiger partial charge in [-0.3, -0.25) is 14.5 Å². The van der Waals surface area contributed by atoms with Gasteiger partial charge in [0, 0.05) is 24.6 Å². The number of ether oxygens (including phenoxy) is 2. The van der Waals surface area contributed by atoms with E-state index >= 15 is 0 Å². The highest BCUT2D eigenvalue weighted by atomic mass is 32.2. The molecule has 1 amide bonds. The molecule has 156 valence electrons. The lowest BCUT2D eigenvalue weighted by atomic mass is 10.3. The molecule has 1 heterocycles. The summed E-state index contributed by atoms with van der Waals surface area (Å²) in [7, 11) is -2.22. The Labute approximate surface area is 174 Å². The monoisotopic (exact) mass is 427 g/mol. The molecule has 3 rings (SSSR count). The van der Waals surface area contributed by atoms with Crippen molar-refractivity contribution in [2.45, 2.75) is 11.4 Å². The van der Waals surface area contributed by atoms with Gasteiger partial charge in [0.2, 0.25) is 0 Å². The highest BCUT2D eigenvalue weighted by molar-refractivity contribution is 7.92. The molecule has 0 aliphatic heterocycles. The Morgan fingerprint density at radius 1 is 1.00 bits per heavy atom. The highest BCUT2D eigenvalue weighted by Gasteiger charge is 2.14. The first kappa shape index (κ1) is 21.1. The normalized spacial score (nSPS) is 10.8. The first-order valence-electron chi connectivity index (χ1n) is 9.01. The van der Waals surface area contributed by atoms with Crippen LogP contribution in [0, 0.1) is 0 Å². The predicted molar refractivity (Wildman–Crippen MR) is 112 cm³/mol. The average molecular weight is 427 g/mol. The van der Waals surface area contributed by atoms with Gasteiger partial charge in [-0.15, -0.1) is 0 Å². The van der Waals surface area contributed by atoms with E-state index in [4.69, 9.17) is 9.47 Å².